The lowest BCUT2D eigenvalue weighted by atomic mass is 10.0. The molecule has 11 heteroatoms. The number of nitrogens with zero attached hydrogens (tertiary/aromatic N) is 2. The summed E-state index contributed by atoms with van der Waals surface area (Å²) in [6.45, 7) is -0.453. The minimum Gasteiger partial charge on any atom is -0.477 e. The number of hydrogen-bond acceptors (Lipinski definition) is 8. The number of thioether (sulfide) groups is 1. The van der Waals surface area contributed by atoms with Crippen LogP contribution < -0.4 is 5.32 Å². The van der Waals surface area contributed by atoms with Crippen LogP contribution in [0.3, 0.4) is 0 Å². The molecule has 0 saturated carbocycles. The Balaban J connectivity index is 1.78. The van der Waals surface area contributed by atoms with E-state index >= 15 is 0 Å². The molecule has 1 unspecified atom stereocenters. The number of furan rings is 1. The van der Waals surface area contributed by atoms with E-state index in [0.29, 0.717) is 0 Å². The van der Waals surface area contributed by atoms with Crippen LogP contribution in [0.1, 0.15) is 5.76 Å². The second-order valence-corrected chi connectivity index (χ2v) is 6.48. The monoisotopic (exact) mass is 381 g/mol. The van der Waals surface area contributed by atoms with Gasteiger partial charge in [0.15, 0.2) is 5.76 Å². The summed E-state index contributed by atoms with van der Waals surface area (Å²) in [6, 6.07) is 2.17. The van der Waals surface area contributed by atoms with E-state index in [9.17, 15) is 24.6 Å². The Hall–Kier alpha value is -2.79. The van der Waals surface area contributed by atoms with E-state index in [0.717, 1.165) is 4.90 Å². The molecule has 2 atom stereocenters. The maximum atomic E-state index is 12.5. The highest BCUT2D eigenvalue weighted by Gasteiger charge is 2.54. The van der Waals surface area contributed by atoms with E-state index in [1.807, 2.05) is 0 Å². The Kier molecular flexibility index (Phi) is 5.00. The molecule has 1 aromatic heterocycles. The van der Waals surface area contributed by atoms with Crippen molar-refractivity contribution in [3.05, 3.63) is 35.4 Å². The van der Waals surface area contributed by atoms with Gasteiger partial charge in [0.05, 0.1) is 12.9 Å². The summed E-state index contributed by atoms with van der Waals surface area (Å²) in [5, 5.41) is 24.2. The summed E-state index contributed by atoms with van der Waals surface area (Å²) in [5.74, 6) is -2.15. The fourth-order valence-electron chi connectivity index (χ4n) is 2.72. The fraction of sp³-hybridized carbons (Fsp3) is 0.333. The highest BCUT2D eigenvalue weighted by Crippen LogP contribution is 2.40. The van der Waals surface area contributed by atoms with Crippen LogP contribution in [-0.2, 0) is 19.2 Å². The quantitative estimate of drug-likeness (QED) is 0.336. The zero-order valence-electron chi connectivity index (χ0n) is 13.5. The van der Waals surface area contributed by atoms with Gasteiger partial charge in [-0.3, -0.25) is 14.5 Å². The molecule has 2 aliphatic heterocycles. The maximum absolute atomic E-state index is 12.5. The van der Waals surface area contributed by atoms with Crippen molar-refractivity contribution in [2.75, 3.05) is 19.5 Å². The van der Waals surface area contributed by atoms with Crippen LogP contribution in [0, 0.1) is 0 Å². The fourth-order valence-corrected chi connectivity index (χ4v) is 4.05. The van der Waals surface area contributed by atoms with Gasteiger partial charge < -0.3 is 24.8 Å². The average molecular weight is 381 g/mol. The Morgan fingerprint density at radius 2 is 2.31 bits per heavy atom. The number of carboxylic acid groups (broad SMARTS) is 1. The molecule has 10 nitrogen and oxygen atoms in total. The van der Waals surface area contributed by atoms with Gasteiger partial charge in [-0.25, -0.2) is 4.79 Å². The van der Waals surface area contributed by atoms with Crippen LogP contribution in [0.25, 0.3) is 0 Å². The minimum atomic E-state index is -1.30. The number of aliphatic hydroxyl groups excluding tert-OH is 1. The minimum absolute atomic E-state index is 0.144. The highest BCUT2D eigenvalue weighted by molar-refractivity contribution is 8.00. The van der Waals surface area contributed by atoms with Crippen molar-refractivity contribution >= 4 is 35.3 Å². The van der Waals surface area contributed by atoms with Crippen LogP contribution in [0.4, 0.5) is 0 Å². The van der Waals surface area contributed by atoms with Gasteiger partial charge in [0.2, 0.25) is 5.71 Å². The van der Waals surface area contributed by atoms with Crippen LogP contribution in [0.15, 0.2) is 39.2 Å². The summed E-state index contributed by atoms with van der Waals surface area (Å²) in [7, 11) is 1.27. The Bertz CT molecular complexity index is 802. The molecular weight excluding hydrogens is 366 g/mol. The van der Waals surface area contributed by atoms with Gasteiger partial charge in [-0.05, 0) is 17.7 Å². The maximum Gasteiger partial charge on any atom is 0.352 e. The number of amides is 2. The summed E-state index contributed by atoms with van der Waals surface area (Å²) < 4.78 is 5.13. The Morgan fingerprint density at radius 1 is 1.54 bits per heavy atom. The van der Waals surface area contributed by atoms with E-state index < -0.39 is 35.8 Å². The largest absolute Gasteiger partial charge is 0.477 e. The van der Waals surface area contributed by atoms with Crippen LogP contribution in [0.5, 0.6) is 0 Å². The van der Waals surface area contributed by atoms with E-state index in [1.54, 1.807) is 6.07 Å². The van der Waals surface area contributed by atoms with Crippen LogP contribution in [0.2, 0.25) is 0 Å². The zero-order chi connectivity index (χ0) is 18.8. The van der Waals surface area contributed by atoms with Gasteiger partial charge >= 0.3 is 5.97 Å². The second kappa shape index (κ2) is 7.22. The molecule has 138 valence electrons. The number of carboxylic acids is 1. The number of aliphatic carboxylic acids is 1. The molecule has 2 aliphatic rings. The van der Waals surface area contributed by atoms with Crippen molar-refractivity contribution in [3.8, 4) is 0 Å². The molecule has 26 heavy (non-hydrogen) atoms. The SMILES string of the molecule is CO/N=C(\C(=O)NC1C(=O)N2C(C(=O)O)=C(CO)CS[C@H]12)c1ccco1. The number of carbonyl (C=O) groups is 3. The number of fused-ring (bicyclic) bond motifs is 1. The summed E-state index contributed by atoms with van der Waals surface area (Å²) >= 11 is 1.26. The van der Waals surface area contributed by atoms with Crippen molar-refractivity contribution in [2.24, 2.45) is 5.16 Å². The van der Waals surface area contributed by atoms with Gasteiger partial charge in [-0.1, -0.05) is 5.16 Å². The molecular formula is C15H15N3O7S. The van der Waals surface area contributed by atoms with Crippen molar-refractivity contribution in [1.29, 1.82) is 0 Å². The lowest BCUT2D eigenvalue weighted by molar-refractivity contribution is -0.150. The molecule has 2 amide bonds. The number of aliphatic hydroxyl groups is 1. The first-order valence-corrected chi connectivity index (χ1v) is 8.51. The first-order valence-electron chi connectivity index (χ1n) is 7.46. The van der Waals surface area contributed by atoms with E-state index in [1.165, 1.54) is 31.2 Å². The number of β-lactam (4-membered cyclic amide) rings is 1. The third-order valence-corrected chi connectivity index (χ3v) is 5.22. The Morgan fingerprint density at radius 3 is 2.88 bits per heavy atom. The molecule has 0 aliphatic carbocycles. The third-order valence-electron chi connectivity index (χ3n) is 3.88. The second-order valence-electron chi connectivity index (χ2n) is 5.38. The Labute approximate surface area is 151 Å². The normalized spacial score (nSPS) is 22.6. The number of carbonyl (C=O) groups excluding carboxylic acids is 2. The van der Waals surface area contributed by atoms with E-state index in [2.05, 4.69) is 15.3 Å². The summed E-state index contributed by atoms with van der Waals surface area (Å²) in [6.07, 6.45) is 1.36. The first kappa shape index (κ1) is 18.0. The smallest absolute Gasteiger partial charge is 0.352 e. The van der Waals surface area contributed by atoms with Gasteiger partial charge in [0, 0.05) is 5.75 Å². The topological polar surface area (TPSA) is 142 Å². The van der Waals surface area contributed by atoms with Gasteiger partial charge in [0.1, 0.15) is 24.2 Å². The summed E-state index contributed by atoms with van der Waals surface area (Å²) in [4.78, 5) is 42.0. The average Bonchev–Trinajstić information content (AvgIpc) is 3.16. The molecule has 0 aromatic carbocycles. The predicted octanol–water partition coefficient (Wildman–Crippen LogP) is -0.639. The molecule has 0 bridgehead atoms. The molecule has 3 rings (SSSR count). The van der Waals surface area contributed by atoms with E-state index in [-0.39, 0.29) is 28.5 Å². The number of nitrogens with one attached hydrogen (secondary N) is 1. The number of hydrogen-bond donors (Lipinski definition) is 3. The molecule has 3 heterocycles. The molecule has 1 fully saturated rings. The lowest BCUT2D eigenvalue weighted by Gasteiger charge is -2.49. The standard InChI is InChI=1S/C15H15N3O7S/c1-24-17-9(8-3-2-4-25-8)12(20)16-10-13(21)18-11(15(22)23)7(5-19)6-26-14(10)18/h2-4,10,14,19H,5-6H2,1H3,(H,16,20)(H,22,23)/b17-9-/t10?,14-/m1/s1. The molecule has 0 radical (unpaired) electrons. The van der Waals surface area contributed by atoms with Crippen LogP contribution >= 0.6 is 11.8 Å². The van der Waals surface area contributed by atoms with Crippen LogP contribution in [-0.4, -0.2) is 69.5 Å². The lowest BCUT2D eigenvalue weighted by Crippen LogP contribution is -2.71. The number of rotatable bonds is 6. The predicted molar refractivity (Wildman–Crippen MR) is 89.0 cm³/mol. The first-order chi connectivity index (χ1) is 12.5. The van der Waals surface area contributed by atoms with Crippen molar-refractivity contribution in [2.45, 2.75) is 11.4 Å². The molecule has 1 saturated heterocycles. The van der Waals surface area contributed by atoms with Gasteiger partial charge in [-0.2, -0.15) is 0 Å². The van der Waals surface area contributed by atoms with Crippen molar-refractivity contribution in [3.63, 3.8) is 0 Å². The van der Waals surface area contributed by atoms with Gasteiger partial charge in [0.25, 0.3) is 11.8 Å². The number of oxime groups is 1. The molecule has 1 aromatic rings. The van der Waals surface area contributed by atoms with E-state index in [4.69, 9.17) is 4.42 Å². The zero-order valence-corrected chi connectivity index (χ0v) is 14.4. The van der Waals surface area contributed by atoms with Gasteiger partial charge in [-0.15, -0.1) is 11.8 Å². The summed E-state index contributed by atoms with van der Waals surface area (Å²) in [5.41, 5.74) is -0.118. The molecule has 3 N–H and O–H groups in total. The van der Waals surface area contributed by atoms with Crippen molar-refractivity contribution in [1.82, 2.24) is 10.2 Å². The highest BCUT2D eigenvalue weighted by atomic mass is 32.2. The third kappa shape index (κ3) is 2.95. The van der Waals surface area contributed by atoms with Crippen molar-refractivity contribution < 1.29 is 33.9 Å². The molecule has 0 spiro atoms.